The molecule has 0 radical (unpaired) electrons. The number of hydrogen-bond donors (Lipinski definition) is 0. The van der Waals surface area contributed by atoms with Gasteiger partial charge in [0.05, 0.1) is 10.8 Å². The predicted octanol–water partition coefficient (Wildman–Crippen LogP) is 11.5. The quantitative estimate of drug-likeness (QED) is 0.185. The summed E-state index contributed by atoms with van der Waals surface area (Å²) in [7, 11) is 0. The molecule has 0 N–H and O–H groups in total. The van der Waals surface area contributed by atoms with Crippen molar-refractivity contribution in [2.75, 3.05) is 0 Å². The molecule has 3 aliphatic rings. The summed E-state index contributed by atoms with van der Waals surface area (Å²) in [5, 5.41) is 0. The molecule has 0 saturated heterocycles. The second kappa shape index (κ2) is 10.1. The third-order valence-corrected chi connectivity index (χ3v) is 11.7. The van der Waals surface area contributed by atoms with Gasteiger partial charge in [-0.05, 0) is 107 Å². The zero-order valence-electron chi connectivity index (χ0n) is 27.3. The van der Waals surface area contributed by atoms with Gasteiger partial charge in [-0.1, -0.05) is 158 Å². The van der Waals surface area contributed by atoms with Gasteiger partial charge < -0.3 is 0 Å². The number of aromatic nitrogens is 1. The minimum atomic E-state index is -0.482. The number of rotatable bonds is 2. The normalized spacial score (nSPS) is 14.7. The summed E-state index contributed by atoms with van der Waals surface area (Å²) >= 11 is 0. The number of fused-ring (bicyclic) bond motifs is 16. The lowest BCUT2D eigenvalue weighted by Gasteiger charge is -2.49. The summed E-state index contributed by atoms with van der Waals surface area (Å²) in [5.74, 6) is 0. The van der Waals surface area contributed by atoms with E-state index in [-0.39, 0.29) is 0 Å². The molecule has 0 unspecified atom stereocenters. The van der Waals surface area contributed by atoms with Crippen molar-refractivity contribution < 1.29 is 0 Å². The Balaban J connectivity index is 1.27. The van der Waals surface area contributed by atoms with Gasteiger partial charge in [0.1, 0.15) is 0 Å². The summed E-state index contributed by atoms with van der Waals surface area (Å²) in [6, 6.07) is 66.2. The fraction of sp³-hybridized carbons (Fsp3) is 0.0408. The zero-order chi connectivity index (χ0) is 32.9. The van der Waals surface area contributed by atoms with E-state index in [0.717, 1.165) is 0 Å². The minimum Gasteiger partial charge on any atom is -0.265 e. The molecule has 1 heterocycles. The van der Waals surface area contributed by atoms with Gasteiger partial charge in [0, 0.05) is 12.4 Å². The van der Waals surface area contributed by atoms with Crippen molar-refractivity contribution in [2.45, 2.75) is 10.8 Å². The molecule has 1 heteroatoms. The largest absolute Gasteiger partial charge is 0.265 e. The molecular weight excluding hydrogens is 603 g/mol. The maximum absolute atomic E-state index is 4.22. The molecule has 2 spiro atoms. The molecule has 232 valence electrons. The van der Waals surface area contributed by atoms with Crippen LogP contribution in [0.4, 0.5) is 0 Å². The maximum atomic E-state index is 4.22. The van der Waals surface area contributed by atoms with Crippen molar-refractivity contribution in [1.82, 2.24) is 4.98 Å². The zero-order valence-corrected chi connectivity index (χ0v) is 27.3. The fourth-order valence-electron chi connectivity index (χ4n) is 9.82. The van der Waals surface area contributed by atoms with Crippen molar-refractivity contribution in [2.24, 2.45) is 0 Å². The molecule has 8 aromatic rings. The summed E-state index contributed by atoms with van der Waals surface area (Å²) in [4.78, 5) is 4.22. The van der Waals surface area contributed by atoms with Crippen LogP contribution in [0.3, 0.4) is 0 Å². The highest BCUT2D eigenvalue weighted by Gasteiger charge is 2.58. The van der Waals surface area contributed by atoms with Crippen LogP contribution in [0, 0.1) is 0 Å². The van der Waals surface area contributed by atoms with Crippen molar-refractivity contribution >= 4 is 0 Å². The standard InChI is InChI=1S/C49H31N/c1-5-15-40-36(11-1)37-12-2-6-16-41(37)48(40)44-19-9-10-20-45(44)49(42-17-7-3-13-38(42)39-14-4-8-18-43(39)49)47-31-35(25-26-46(47)48)33-23-21-32(22-24-33)34-27-29-50-30-28-34/h1-31H. The maximum Gasteiger partial charge on any atom is 0.0720 e. The van der Waals surface area contributed by atoms with E-state index in [1.807, 2.05) is 12.4 Å². The Morgan fingerprint density at radius 2 is 0.580 bits per heavy atom. The first-order valence-electron chi connectivity index (χ1n) is 17.5. The molecule has 50 heavy (non-hydrogen) atoms. The van der Waals surface area contributed by atoms with E-state index in [1.54, 1.807) is 0 Å². The van der Waals surface area contributed by atoms with Gasteiger partial charge in [0.15, 0.2) is 0 Å². The van der Waals surface area contributed by atoms with Gasteiger partial charge in [-0.25, -0.2) is 0 Å². The lowest BCUT2D eigenvalue weighted by molar-refractivity contribution is 0.633. The second-order valence-electron chi connectivity index (χ2n) is 13.8. The van der Waals surface area contributed by atoms with E-state index in [0.29, 0.717) is 0 Å². The Kier molecular flexibility index (Phi) is 5.58. The van der Waals surface area contributed by atoms with Gasteiger partial charge in [-0.2, -0.15) is 0 Å². The Bertz CT molecular complexity index is 2560. The van der Waals surface area contributed by atoms with E-state index in [9.17, 15) is 0 Å². The van der Waals surface area contributed by atoms with Crippen LogP contribution in [0.1, 0.15) is 44.5 Å². The first-order chi connectivity index (χ1) is 24.8. The van der Waals surface area contributed by atoms with E-state index >= 15 is 0 Å². The molecule has 7 aromatic carbocycles. The average Bonchev–Trinajstić information content (AvgIpc) is 3.66. The lowest BCUT2D eigenvalue weighted by Crippen LogP contribution is -2.43. The van der Waals surface area contributed by atoms with E-state index in [2.05, 4.69) is 181 Å². The highest BCUT2D eigenvalue weighted by atomic mass is 14.6. The molecule has 11 rings (SSSR count). The van der Waals surface area contributed by atoms with Crippen molar-refractivity contribution in [3.63, 3.8) is 0 Å². The third kappa shape index (κ3) is 3.34. The van der Waals surface area contributed by atoms with Crippen LogP contribution < -0.4 is 0 Å². The molecular formula is C49H31N. The molecule has 0 fully saturated rings. The highest BCUT2D eigenvalue weighted by Crippen LogP contribution is 2.67. The average molecular weight is 634 g/mol. The number of nitrogens with zero attached hydrogens (tertiary/aromatic N) is 1. The molecule has 1 aromatic heterocycles. The molecule has 0 saturated carbocycles. The summed E-state index contributed by atoms with van der Waals surface area (Å²) in [6.45, 7) is 0. The molecule has 3 aliphatic carbocycles. The van der Waals surface area contributed by atoms with Crippen LogP contribution in [-0.4, -0.2) is 4.98 Å². The lowest BCUT2D eigenvalue weighted by atomic mass is 9.52. The van der Waals surface area contributed by atoms with E-state index in [4.69, 9.17) is 0 Å². The smallest absolute Gasteiger partial charge is 0.0720 e. The van der Waals surface area contributed by atoms with Crippen LogP contribution >= 0.6 is 0 Å². The number of pyridine rings is 1. The molecule has 0 amide bonds. The Morgan fingerprint density at radius 1 is 0.260 bits per heavy atom. The van der Waals surface area contributed by atoms with Crippen LogP contribution in [0.2, 0.25) is 0 Å². The SMILES string of the molecule is c1ccc2c(c1)-c1ccccc1C21c2ccccc2C2(c3ccccc3-c3ccccc32)c2cc(-c3ccc(-c4ccncc4)cc3)ccc21. The van der Waals surface area contributed by atoms with Gasteiger partial charge >= 0.3 is 0 Å². The Hall–Kier alpha value is -6.31. The first-order valence-corrected chi connectivity index (χ1v) is 17.5. The molecule has 1 nitrogen and oxygen atoms in total. The summed E-state index contributed by atoms with van der Waals surface area (Å²) < 4.78 is 0. The first kappa shape index (κ1) is 27.6. The van der Waals surface area contributed by atoms with E-state index in [1.165, 1.54) is 89.0 Å². The van der Waals surface area contributed by atoms with Gasteiger partial charge in [0.25, 0.3) is 0 Å². The fourth-order valence-corrected chi connectivity index (χ4v) is 9.82. The van der Waals surface area contributed by atoms with Crippen molar-refractivity contribution in [3.8, 4) is 44.5 Å². The number of benzene rings is 7. The monoisotopic (exact) mass is 633 g/mol. The second-order valence-corrected chi connectivity index (χ2v) is 13.8. The van der Waals surface area contributed by atoms with Crippen molar-refractivity contribution in [1.29, 1.82) is 0 Å². The van der Waals surface area contributed by atoms with Crippen LogP contribution in [0.15, 0.2) is 188 Å². The number of hydrogen-bond acceptors (Lipinski definition) is 1. The van der Waals surface area contributed by atoms with Crippen LogP contribution in [-0.2, 0) is 10.8 Å². The van der Waals surface area contributed by atoms with Gasteiger partial charge in [-0.3, -0.25) is 4.98 Å². The highest BCUT2D eigenvalue weighted by molar-refractivity contribution is 5.94. The molecule has 0 bridgehead atoms. The van der Waals surface area contributed by atoms with Crippen LogP contribution in [0.25, 0.3) is 44.5 Å². The topological polar surface area (TPSA) is 12.9 Å². The third-order valence-electron chi connectivity index (χ3n) is 11.7. The van der Waals surface area contributed by atoms with Crippen LogP contribution in [0.5, 0.6) is 0 Å². The minimum absolute atomic E-state index is 0.458. The van der Waals surface area contributed by atoms with Gasteiger partial charge in [-0.15, -0.1) is 0 Å². The molecule has 0 atom stereocenters. The Labute approximate surface area is 292 Å². The Morgan fingerprint density at radius 3 is 1.04 bits per heavy atom. The summed E-state index contributed by atoms with van der Waals surface area (Å²) in [5.41, 5.74) is 20.0. The van der Waals surface area contributed by atoms with Crippen molar-refractivity contribution in [3.05, 3.63) is 233 Å². The van der Waals surface area contributed by atoms with Gasteiger partial charge in [0.2, 0.25) is 0 Å². The molecule has 0 aliphatic heterocycles. The summed E-state index contributed by atoms with van der Waals surface area (Å²) in [6.07, 6.45) is 3.72. The van der Waals surface area contributed by atoms with E-state index < -0.39 is 10.8 Å². The predicted molar refractivity (Wildman–Crippen MR) is 203 cm³/mol.